The highest BCUT2D eigenvalue weighted by molar-refractivity contribution is 5.88. The van der Waals surface area contributed by atoms with Crippen LogP contribution in [0.3, 0.4) is 0 Å². The van der Waals surface area contributed by atoms with Crippen LogP contribution in [0.1, 0.15) is 18.1 Å². The molecular weight excluding hydrogens is 222 g/mol. The van der Waals surface area contributed by atoms with Gasteiger partial charge in [0.2, 0.25) is 5.91 Å². The molecule has 0 heterocycles. The molecule has 1 amide bonds. The maximum Gasteiger partial charge on any atom is 0.245 e. The second-order valence-electron chi connectivity index (χ2n) is 4.09. The Morgan fingerprint density at radius 2 is 2.06 bits per heavy atom. The van der Waals surface area contributed by atoms with E-state index in [4.69, 9.17) is 0 Å². The van der Waals surface area contributed by atoms with Crippen LogP contribution in [0.25, 0.3) is 11.6 Å². The van der Waals surface area contributed by atoms with E-state index in [1.807, 2.05) is 43.3 Å². The third-order valence-electron chi connectivity index (χ3n) is 2.67. The zero-order valence-corrected chi connectivity index (χ0v) is 11.0. The van der Waals surface area contributed by atoms with Crippen LogP contribution in [-0.2, 0) is 4.79 Å². The average molecular weight is 241 g/mol. The summed E-state index contributed by atoms with van der Waals surface area (Å²) >= 11 is 0. The third-order valence-corrected chi connectivity index (χ3v) is 2.67. The Bertz CT molecular complexity index is 486. The van der Waals surface area contributed by atoms with Crippen LogP contribution in [0.15, 0.2) is 49.6 Å². The van der Waals surface area contributed by atoms with E-state index in [0.717, 1.165) is 16.7 Å². The van der Waals surface area contributed by atoms with Gasteiger partial charge in [0.25, 0.3) is 0 Å². The predicted octanol–water partition coefficient (Wildman–Crippen LogP) is 3.38. The van der Waals surface area contributed by atoms with Crippen LogP contribution in [-0.4, -0.2) is 24.4 Å². The van der Waals surface area contributed by atoms with E-state index in [2.05, 4.69) is 13.2 Å². The van der Waals surface area contributed by atoms with Gasteiger partial charge in [-0.3, -0.25) is 4.79 Å². The van der Waals surface area contributed by atoms with Gasteiger partial charge in [-0.05, 0) is 29.7 Å². The fraction of sp³-hybridized carbons (Fsp3) is 0.188. The molecule has 1 rings (SSSR count). The number of hydrogen-bond acceptors (Lipinski definition) is 1. The van der Waals surface area contributed by atoms with Crippen LogP contribution in [0, 0.1) is 0 Å². The molecule has 0 saturated carbocycles. The molecule has 18 heavy (non-hydrogen) atoms. The normalized spacial score (nSPS) is 10.3. The van der Waals surface area contributed by atoms with Crippen molar-refractivity contribution >= 4 is 17.6 Å². The zero-order valence-electron chi connectivity index (χ0n) is 11.0. The summed E-state index contributed by atoms with van der Waals surface area (Å²) in [6.45, 7) is 10.0. The molecule has 0 fully saturated rings. The Balaban J connectivity index is 2.91. The molecule has 2 heteroatoms. The number of allylic oxidation sites excluding steroid dienone is 1. The van der Waals surface area contributed by atoms with E-state index in [0.29, 0.717) is 6.54 Å². The monoisotopic (exact) mass is 241 g/mol. The Morgan fingerprint density at radius 1 is 1.39 bits per heavy atom. The number of carbonyl (C=O) groups excluding carboxylic acids is 1. The number of carbonyl (C=O) groups is 1. The van der Waals surface area contributed by atoms with Crippen molar-refractivity contribution in [3.8, 4) is 0 Å². The molecule has 2 nitrogen and oxygen atoms in total. The topological polar surface area (TPSA) is 20.3 Å². The number of rotatable bonds is 5. The lowest BCUT2D eigenvalue weighted by molar-refractivity contribution is -0.124. The first-order valence-electron chi connectivity index (χ1n) is 5.87. The average Bonchev–Trinajstić information content (AvgIpc) is 2.38. The Morgan fingerprint density at radius 3 is 2.67 bits per heavy atom. The second kappa shape index (κ2) is 6.60. The minimum atomic E-state index is -0.0975. The first kappa shape index (κ1) is 14.0. The first-order chi connectivity index (χ1) is 8.60. The van der Waals surface area contributed by atoms with Gasteiger partial charge in [0.1, 0.15) is 0 Å². The minimum absolute atomic E-state index is 0.0975. The van der Waals surface area contributed by atoms with E-state index < -0.39 is 0 Å². The van der Waals surface area contributed by atoms with Gasteiger partial charge in [0, 0.05) is 13.6 Å². The molecule has 0 radical (unpaired) electrons. The third kappa shape index (κ3) is 3.45. The van der Waals surface area contributed by atoms with Gasteiger partial charge >= 0.3 is 0 Å². The maximum absolute atomic E-state index is 11.4. The lowest BCUT2D eigenvalue weighted by Gasteiger charge is -2.18. The summed E-state index contributed by atoms with van der Waals surface area (Å²) in [4.78, 5) is 13.0. The molecule has 0 aliphatic heterocycles. The summed E-state index contributed by atoms with van der Waals surface area (Å²) < 4.78 is 0. The fourth-order valence-electron chi connectivity index (χ4n) is 1.75. The Kier molecular flexibility index (Phi) is 5.12. The van der Waals surface area contributed by atoms with Crippen molar-refractivity contribution in [3.63, 3.8) is 0 Å². The van der Waals surface area contributed by atoms with E-state index in [1.54, 1.807) is 11.9 Å². The number of nitrogens with zero attached hydrogens (tertiary/aromatic N) is 1. The molecule has 94 valence electrons. The molecule has 1 aromatic rings. The van der Waals surface area contributed by atoms with Gasteiger partial charge in [-0.25, -0.2) is 0 Å². The van der Waals surface area contributed by atoms with Crippen LogP contribution in [0.5, 0.6) is 0 Å². The van der Waals surface area contributed by atoms with Gasteiger partial charge in [0.15, 0.2) is 0 Å². The van der Waals surface area contributed by atoms with Crippen LogP contribution in [0.2, 0.25) is 0 Å². The summed E-state index contributed by atoms with van der Waals surface area (Å²) in [5, 5.41) is 0. The molecular formula is C16H19NO. The number of amides is 1. The van der Waals surface area contributed by atoms with Crippen molar-refractivity contribution in [1.82, 2.24) is 4.90 Å². The molecule has 0 atom stereocenters. The highest BCUT2D eigenvalue weighted by atomic mass is 16.2. The molecule has 0 aliphatic carbocycles. The van der Waals surface area contributed by atoms with Crippen LogP contribution >= 0.6 is 0 Å². The second-order valence-corrected chi connectivity index (χ2v) is 4.09. The van der Waals surface area contributed by atoms with Gasteiger partial charge in [-0.15, -0.1) is 0 Å². The standard InChI is InChI=1S/C16H19NO/c1-5-9-14-10-7-8-11-15(14)13(3)12-17(4)16(18)6-2/h5-11H,2-3,12H2,1,4H3/b9-5+. The molecule has 1 aromatic carbocycles. The van der Waals surface area contributed by atoms with Gasteiger partial charge < -0.3 is 4.90 Å². The molecule has 0 aromatic heterocycles. The Labute approximate surface area is 109 Å². The van der Waals surface area contributed by atoms with Crippen molar-refractivity contribution in [2.45, 2.75) is 6.92 Å². The summed E-state index contributed by atoms with van der Waals surface area (Å²) in [7, 11) is 1.74. The fourth-order valence-corrected chi connectivity index (χ4v) is 1.75. The van der Waals surface area contributed by atoms with Gasteiger partial charge in [0.05, 0.1) is 0 Å². The smallest absolute Gasteiger partial charge is 0.245 e. The lowest BCUT2D eigenvalue weighted by Crippen LogP contribution is -2.26. The SMILES string of the molecule is C=CC(=O)N(C)CC(=C)c1ccccc1/C=C/C. The van der Waals surface area contributed by atoms with E-state index in [-0.39, 0.29) is 5.91 Å². The number of hydrogen-bond donors (Lipinski definition) is 0. The van der Waals surface area contributed by atoms with Crippen molar-refractivity contribution in [1.29, 1.82) is 0 Å². The van der Waals surface area contributed by atoms with E-state index >= 15 is 0 Å². The van der Waals surface area contributed by atoms with Crippen LogP contribution < -0.4 is 0 Å². The summed E-state index contributed by atoms with van der Waals surface area (Å²) in [5.41, 5.74) is 3.10. The highest BCUT2D eigenvalue weighted by Gasteiger charge is 2.09. The summed E-state index contributed by atoms with van der Waals surface area (Å²) in [6, 6.07) is 8.02. The summed E-state index contributed by atoms with van der Waals surface area (Å²) in [6.07, 6.45) is 5.34. The minimum Gasteiger partial charge on any atom is -0.338 e. The first-order valence-corrected chi connectivity index (χ1v) is 5.87. The van der Waals surface area contributed by atoms with Crippen molar-refractivity contribution < 1.29 is 4.79 Å². The van der Waals surface area contributed by atoms with E-state index in [9.17, 15) is 4.79 Å². The van der Waals surface area contributed by atoms with Crippen molar-refractivity contribution in [2.75, 3.05) is 13.6 Å². The molecule has 0 saturated heterocycles. The van der Waals surface area contributed by atoms with Gasteiger partial charge in [-0.2, -0.15) is 0 Å². The molecule has 0 bridgehead atoms. The predicted molar refractivity (Wildman–Crippen MR) is 78.0 cm³/mol. The number of likely N-dealkylation sites (N-methyl/N-ethyl adjacent to an activating group) is 1. The van der Waals surface area contributed by atoms with Crippen LogP contribution in [0.4, 0.5) is 0 Å². The highest BCUT2D eigenvalue weighted by Crippen LogP contribution is 2.19. The molecule has 0 spiro atoms. The maximum atomic E-state index is 11.4. The number of benzene rings is 1. The zero-order chi connectivity index (χ0) is 13.5. The molecule has 0 unspecified atom stereocenters. The lowest BCUT2D eigenvalue weighted by atomic mass is 10.00. The van der Waals surface area contributed by atoms with Gasteiger partial charge in [-0.1, -0.05) is 49.6 Å². The molecule has 0 aliphatic rings. The van der Waals surface area contributed by atoms with Crippen molar-refractivity contribution in [2.24, 2.45) is 0 Å². The largest absolute Gasteiger partial charge is 0.338 e. The molecule has 0 N–H and O–H groups in total. The van der Waals surface area contributed by atoms with E-state index in [1.165, 1.54) is 6.08 Å². The Hall–Kier alpha value is -2.09. The van der Waals surface area contributed by atoms with Crippen molar-refractivity contribution in [3.05, 3.63) is 60.7 Å². The quantitative estimate of drug-likeness (QED) is 0.724. The summed E-state index contributed by atoms with van der Waals surface area (Å²) in [5.74, 6) is -0.0975.